The minimum atomic E-state index is 1.06. The molecule has 0 unspecified atom stereocenters. The average Bonchev–Trinajstić information content (AvgIpc) is 3.19. The number of rotatable bonds is 1. The number of hydrogen-bond donors (Lipinski definition) is 0. The van der Waals surface area contributed by atoms with Gasteiger partial charge in [0, 0.05) is 33.4 Å². The molecule has 2 nitrogen and oxygen atoms in total. The van der Waals surface area contributed by atoms with E-state index in [0.717, 1.165) is 5.52 Å². The summed E-state index contributed by atoms with van der Waals surface area (Å²) in [6.45, 7) is 0. The monoisotopic (exact) mass is 392 g/mol. The van der Waals surface area contributed by atoms with Crippen LogP contribution < -0.4 is 0 Å². The topological polar surface area (TPSA) is 17.8 Å². The highest BCUT2D eigenvalue weighted by Gasteiger charge is 2.23. The maximum Gasteiger partial charge on any atom is 0.0949 e. The maximum atomic E-state index is 4.86. The molecule has 0 aliphatic heterocycles. The highest BCUT2D eigenvalue weighted by molar-refractivity contribution is 6.42. The van der Waals surface area contributed by atoms with E-state index in [4.69, 9.17) is 4.98 Å². The molecule has 8 rings (SSSR count). The van der Waals surface area contributed by atoms with E-state index in [1.165, 1.54) is 65.2 Å². The first-order valence-corrected chi connectivity index (χ1v) is 10.7. The van der Waals surface area contributed by atoms with Gasteiger partial charge in [0.25, 0.3) is 0 Å². The molecule has 0 saturated carbocycles. The molecule has 142 valence electrons. The molecule has 0 spiro atoms. The minimum Gasteiger partial charge on any atom is -0.307 e. The van der Waals surface area contributed by atoms with Crippen molar-refractivity contribution < 1.29 is 0 Å². The second kappa shape index (κ2) is 5.30. The zero-order valence-electron chi connectivity index (χ0n) is 16.6. The lowest BCUT2D eigenvalue weighted by molar-refractivity contribution is 1.18. The van der Waals surface area contributed by atoms with E-state index in [-0.39, 0.29) is 0 Å². The Labute approximate surface area is 177 Å². The Morgan fingerprint density at radius 2 is 1.35 bits per heavy atom. The molecule has 0 bridgehead atoms. The number of nitrogens with zero attached hydrogens (tertiary/aromatic N) is 2. The molecule has 0 atom stereocenters. The third-order valence-electron chi connectivity index (χ3n) is 6.89. The maximum absolute atomic E-state index is 4.86. The Balaban J connectivity index is 1.83. The van der Waals surface area contributed by atoms with Gasteiger partial charge < -0.3 is 4.57 Å². The molecule has 8 aromatic rings. The van der Waals surface area contributed by atoms with Gasteiger partial charge in [-0.05, 0) is 57.3 Å². The van der Waals surface area contributed by atoms with Crippen molar-refractivity contribution in [3.63, 3.8) is 0 Å². The van der Waals surface area contributed by atoms with Crippen molar-refractivity contribution in [2.75, 3.05) is 0 Å². The van der Waals surface area contributed by atoms with E-state index >= 15 is 0 Å². The lowest BCUT2D eigenvalue weighted by Gasteiger charge is -2.13. The number of pyridine rings is 1. The first kappa shape index (κ1) is 15.6. The highest BCUT2D eigenvalue weighted by Crippen LogP contribution is 2.48. The zero-order valence-corrected chi connectivity index (χ0v) is 16.6. The van der Waals surface area contributed by atoms with Gasteiger partial charge in [-0.25, -0.2) is 0 Å². The standard InChI is InChI=1S/C29H16N2/c1-2-8-20(9-3-1)31-23-14-13-18-12-11-17-6-4-10-21-22-16-19-7-5-15-30-28(19)29(31)26(22)27(23)25(18)24(17)21/h1-16H. The summed E-state index contributed by atoms with van der Waals surface area (Å²) in [5.74, 6) is 0. The summed E-state index contributed by atoms with van der Waals surface area (Å²) in [4.78, 5) is 4.86. The molecule has 0 aliphatic rings. The molecule has 6 aromatic carbocycles. The van der Waals surface area contributed by atoms with E-state index in [9.17, 15) is 0 Å². The number of para-hydroxylation sites is 1. The number of aromatic nitrogens is 2. The number of benzene rings is 6. The molecule has 0 N–H and O–H groups in total. The lowest BCUT2D eigenvalue weighted by Crippen LogP contribution is -1.94. The molecule has 2 aromatic heterocycles. The summed E-state index contributed by atoms with van der Waals surface area (Å²) < 4.78 is 2.41. The Bertz CT molecular complexity index is 1930. The fourth-order valence-electron chi connectivity index (χ4n) is 5.70. The molecule has 31 heavy (non-hydrogen) atoms. The summed E-state index contributed by atoms with van der Waals surface area (Å²) in [7, 11) is 0. The summed E-state index contributed by atoms with van der Waals surface area (Å²) in [6, 6.07) is 33.0. The van der Waals surface area contributed by atoms with Crippen LogP contribution in [-0.4, -0.2) is 9.55 Å². The molecule has 0 radical (unpaired) electrons. The molecular formula is C29H16N2. The Kier molecular flexibility index (Phi) is 2.67. The molecule has 2 heteroatoms. The van der Waals surface area contributed by atoms with Crippen LogP contribution in [0, 0.1) is 0 Å². The van der Waals surface area contributed by atoms with Gasteiger partial charge in [0.05, 0.1) is 16.6 Å². The smallest absolute Gasteiger partial charge is 0.0949 e. The van der Waals surface area contributed by atoms with Crippen LogP contribution in [0.4, 0.5) is 0 Å². The summed E-state index contributed by atoms with van der Waals surface area (Å²) >= 11 is 0. The van der Waals surface area contributed by atoms with Gasteiger partial charge in [0.15, 0.2) is 0 Å². The van der Waals surface area contributed by atoms with Crippen molar-refractivity contribution in [1.29, 1.82) is 0 Å². The van der Waals surface area contributed by atoms with Crippen molar-refractivity contribution >= 4 is 65.0 Å². The predicted molar refractivity (Wildman–Crippen MR) is 131 cm³/mol. The fourth-order valence-corrected chi connectivity index (χ4v) is 5.70. The third kappa shape index (κ3) is 1.78. The Hall–Kier alpha value is -4.17. The van der Waals surface area contributed by atoms with Gasteiger partial charge in [-0.3, -0.25) is 4.98 Å². The van der Waals surface area contributed by atoms with E-state index in [0.29, 0.717) is 0 Å². The number of fused-ring (bicyclic) bond motifs is 3. The van der Waals surface area contributed by atoms with Gasteiger partial charge in [0.1, 0.15) is 0 Å². The van der Waals surface area contributed by atoms with Crippen molar-refractivity contribution in [3.05, 3.63) is 97.2 Å². The van der Waals surface area contributed by atoms with Crippen LogP contribution in [0.3, 0.4) is 0 Å². The SMILES string of the molecule is c1ccc(-n2c3ccc4ccc5cccc6c7cc8cccnc8c2c7c3c4c56)cc1. The minimum absolute atomic E-state index is 1.06. The number of hydrogen-bond acceptors (Lipinski definition) is 1. The van der Waals surface area contributed by atoms with E-state index in [1.54, 1.807) is 0 Å². The first-order chi connectivity index (χ1) is 15.4. The second-order valence-electron chi connectivity index (χ2n) is 8.42. The summed E-state index contributed by atoms with van der Waals surface area (Å²) in [5, 5.41) is 11.8. The van der Waals surface area contributed by atoms with E-state index in [2.05, 4.69) is 89.5 Å². The van der Waals surface area contributed by atoms with Crippen LogP contribution in [0.15, 0.2) is 97.2 Å². The summed E-state index contributed by atoms with van der Waals surface area (Å²) in [6.07, 6.45) is 1.91. The van der Waals surface area contributed by atoms with Crippen LogP contribution >= 0.6 is 0 Å². The Morgan fingerprint density at radius 1 is 0.548 bits per heavy atom. The molecular weight excluding hydrogens is 376 g/mol. The van der Waals surface area contributed by atoms with Gasteiger partial charge >= 0.3 is 0 Å². The van der Waals surface area contributed by atoms with Crippen molar-refractivity contribution in [3.8, 4) is 5.69 Å². The molecule has 0 amide bonds. The quantitative estimate of drug-likeness (QED) is 0.207. The Morgan fingerprint density at radius 3 is 2.26 bits per heavy atom. The highest BCUT2D eigenvalue weighted by atomic mass is 15.0. The van der Waals surface area contributed by atoms with Crippen LogP contribution in [0.25, 0.3) is 70.7 Å². The molecule has 0 saturated heterocycles. The second-order valence-corrected chi connectivity index (χ2v) is 8.42. The predicted octanol–water partition coefficient (Wildman–Crippen LogP) is 7.67. The van der Waals surface area contributed by atoms with Crippen LogP contribution in [0.2, 0.25) is 0 Å². The van der Waals surface area contributed by atoms with Gasteiger partial charge in [-0.15, -0.1) is 0 Å². The molecule has 0 fully saturated rings. The lowest BCUT2D eigenvalue weighted by atomic mass is 9.89. The van der Waals surface area contributed by atoms with Gasteiger partial charge in [-0.2, -0.15) is 0 Å². The van der Waals surface area contributed by atoms with Crippen molar-refractivity contribution in [2.24, 2.45) is 0 Å². The molecule has 2 heterocycles. The van der Waals surface area contributed by atoms with E-state index in [1.807, 2.05) is 12.3 Å². The van der Waals surface area contributed by atoms with Gasteiger partial charge in [0.2, 0.25) is 0 Å². The normalized spacial score (nSPS) is 12.5. The third-order valence-corrected chi connectivity index (χ3v) is 6.89. The van der Waals surface area contributed by atoms with Crippen molar-refractivity contribution in [2.45, 2.75) is 0 Å². The largest absolute Gasteiger partial charge is 0.307 e. The summed E-state index contributed by atoms with van der Waals surface area (Å²) in [5.41, 5.74) is 4.67. The van der Waals surface area contributed by atoms with Crippen LogP contribution in [-0.2, 0) is 0 Å². The first-order valence-electron chi connectivity index (χ1n) is 10.7. The van der Waals surface area contributed by atoms with Crippen molar-refractivity contribution in [1.82, 2.24) is 9.55 Å². The van der Waals surface area contributed by atoms with Crippen LogP contribution in [0.5, 0.6) is 0 Å². The zero-order chi connectivity index (χ0) is 20.1. The molecule has 0 aliphatic carbocycles. The van der Waals surface area contributed by atoms with Crippen LogP contribution in [0.1, 0.15) is 0 Å². The van der Waals surface area contributed by atoms with Gasteiger partial charge in [-0.1, -0.05) is 60.7 Å². The fraction of sp³-hybridized carbons (Fsp3) is 0. The average molecular weight is 392 g/mol. The van der Waals surface area contributed by atoms with E-state index < -0.39 is 0 Å².